The third-order valence-electron chi connectivity index (χ3n) is 4.11. The molecule has 2 aromatic rings. The Hall–Kier alpha value is -2.88. The van der Waals surface area contributed by atoms with Gasteiger partial charge in [0.25, 0.3) is 15.9 Å². The molecule has 0 saturated carbocycles. The van der Waals surface area contributed by atoms with Crippen molar-refractivity contribution >= 4 is 21.9 Å². The molecule has 2 heterocycles. The fraction of sp³-hybridized carbons (Fsp3) is 0.353. The number of amides is 1. The van der Waals surface area contributed by atoms with Crippen LogP contribution in [0.3, 0.4) is 0 Å². The highest BCUT2D eigenvalue weighted by atomic mass is 32.2. The fourth-order valence-electron chi connectivity index (χ4n) is 2.74. The summed E-state index contributed by atoms with van der Waals surface area (Å²) in [6, 6.07) is 4.26. The molecule has 0 spiro atoms. The average molecular weight is 394 g/mol. The summed E-state index contributed by atoms with van der Waals surface area (Å²) in [7, 11) is -2.77. The summed E-state index contributed by atoms with van der Waals surface area (Å²) in [5, 5.41) is 3.55. The maximum absolute atomic E-state index is 12.8. The van der Waals surface area contributed by atoms with Gasteiger partial charge in [-0.3, -0.25) is 4.79 Å². The standard InChI is InChI=1S/C17H18N2O7S/c1-9(2)12-6-11(24-4)7-14-15(12)16(20)19(27(14,22)23)8-25-17(21)13-5-10(3)18-26-13/h5-7,9H,8H2,1-4H3. The molecule has 1 aliphatic rings. The summed E-state index contributed by atoms with van der Waals surface area (Å²) in [5.41, 5.74) is 1.07. The van der Waals surface area contributed by atoms with Gasteiger partial charge in [-0.05, 0) is 24.5 Å². The quantitative estimate of drug-likeness (QED) is 0.708. The lowest BCUT2D eigenvalue weighted by Crippen LogP contribution is -2.33. The first-order valence-electron chi connectivity index (χ1n) is 8.06. The van der Waals surface area contributed by atoms with E-state index < -0.39 is 28.6 Å². The molecule has 9 nitrogen and oxygen atoms in total. The van der Waals surface area contributed by atoms with E-state index in [2.05, 4.69) is 5.16 Å². The Balaban J connectivity index is 1.93. The third kappa shape index (κ3) is 3.16. The molecule has 0 atom stereocenters. The number of aryl methyl sites for hydroxylation is 1. The Bertz CT molecular complexity index is 1020. The van der Waals surface area contributed by atoms with Crippen LogP contribution in [0.15, 0.2) is 27.6 Å². The summed E-state index contributed by atoms with van der Waals surface area (Å²) >= 11 is 0. The van der Waals surface area contributed by atoms with Crippen LogP contribution in [0.2, 0.25) is 0 Å². The molecule has 0 unspecified atom stereocenters. The maximum Gasteiger partial charge on any atom is 0.378 e. The predicted molar refractivity (Wildman–Crippen MR) is 92.0 cm³/mol. The van der Waals surface area contributed by atoms with Gasteiger partial charge in [-0.2, -0.15) is 4.31 Å². The summed E-state index contributed by atoms with van der Waals surface area (Å²) in [6.07, 6.45) is 0. The molecule has 1 amide bonds. The molecule has 27 heavy (non-hydrogen) atoms. The van der Waals surface area contributed by atoms with Crippen molar-refractivity contribution in [1.29, 1.82) is 0 Å². The van der Waals surface area contributed by atoms with Gasteiger partial charge in [-0.25, -0.2) is 13.2 Å². The van der Waals surface area contributed by atoms with Crippen molar-refractivity contribution in [2.75, 3.05) is 13.8 Å². The number of sulfonamides is 1. The van der Waals surface area contributed by atoms with E-state index in [1.807, 2.05) is 13.8 Å². The van der Waals surface area contributed by atoms with E-state index in [0.29, 0.717) is 21.3 Å². The molecular weight excluding hydrogens is 376 g/mol. The molecule has 144 valence electrons. The Morgan fingerprint density at radius 3 is 2.56 bits per heavy atom. The van der Waals surface area contributed by atoms with Gasteiger partial charge in [0.05, 0.1) is 18.4 Å². The number of ether oxygens (including phenoxy) is 2. The first-order chi connectivity index (χ1) is 12.7. The van der Waals surface area contributed by atoms with Crippen LogP contribution in [0.4, 0.5) is 0 Å². The van der Waals surface area contributed by atoms with E-state index in [1.54, 1.807) is 13.0 Å². The van der Waals surface area contributed by atoms with Crippen molar-refractivity contribution in [1.82, 2.24) is 9.46 Å². The molecule has 1 aromatic heterocycles. The first-order valence-corrected chi connectivity index (χ1v) is 9.50. The van der Waals surface area contributed by atoms with Crippen LogP contribution in [0, 0.1) is 6.92 Å². The zero-order valence-corrected chi connectivity index (χ0v) is 16.0. The highest BCUT2D eigenvalue weighted by Gasteiger charge is 2.44. The smallest absolute Gasteiger partial charge is 0.378 e. The number of methoxy groups -OCH3 is 1. The van der Waals surface area contributed by atoms with Crippen molar-refractivity contribution in [3.8, 4) is 5.75 Å². The zero-order valence-electron chi connectivity index (χ0n) is 15.2. The Kier molecular flexibility index (Phi) is 4.68. The van der Waals surface area contributed by atoms with Crippen LogP contribution in [0.5, 0.6) is 5.75 Å². The lowest BCUT2D eigenvalue weighted by atomic mass is 9.96. The zero-order chi connectivity index (χ0) is 19.9. The molecular formula is C17H18N2O7S. The number of nitrogens with zero attached hydrogens (tertiary/aromatic N) is 2. The first kappa shape index (κ1) is 18.9. The number of fused-ring (bicyclic) bond motifs is 1. The van der Waals surface area contributed by atoms with E-state index in [4.69, 9.17) is 14.0 Å². The van der Waals surface area contributed by atoms with Crippen molar-refractivity contribution < 1.29 is 32.0 Å². The van der Waals surface area contributed by atoms with Crippen molar-refractivity contribution in [2.45, 2.75) is 31.6 Å². The van der Waals surface area contributed by atoms with Crippen LogP contribution in [0.1, 0.15) is 51.9 Å². The van der Waals surface area contributed by atoms with Gasteiger partial charge in [0.15, 0.2) is 6.73 Å². The minimum atomic E-state index is -4.18. The summed E-state index contributed by atoms with van der Waals surface area (Å²) in [5.74, 6) is -1.65. The number of aromatic nitrogens is 1. The van der Waals surface area contributed by atoms with E-state index in [0.717, 1.165) is 0 Å². The molecule has 3 rings (SSSR count). The van der Waals surface area contributed by atoms with Crippen LogP contribution >= 0.6 is 0 Å². The highest BCUT2D eigenvalue weighted by Crippen LogP contribution is 2.38. The number of hydrogen-bond acceptors (Lipinski definition) is 8. The predicted octanol–water partition coefficient (Wildman–Crippen LogP) is 2.07. The van der Waals surface area contributed by atoms with E-state index in [9.17, 15) is 18.0 Å². The van der Waals surface area contributed by atoms with Crippen LogP contribution < -0.4 is 4.74 Å². The van der Waals surface area contributed by atoms with Crippen molar-refractivity contribution in [3.63, 3.8) is 0 Å². The van der Waals surface area contributed by atoms with Gasteiger partial charge in [0.1, 0.15) is 10.6 Å². The number of carbonyl (C=O) groups is 2. The molecule has 0 N–H and O–H groups in total. The molecule has 1 aliphatic heterocycles. The monoisotopic (exact) mass is 394 g/mol. The van der Waals surface area contributed by atoms with Crippen LogP contribution in [0.25, 0.3) is 0 Å². The molecule has 1 aromatic carbocycles. The second kappa shape index (κ2) is 6.69. The number of benzene rings is 1. The Morgan fingerprint density at radius 2 is 2.00 bits per heavy atom. The number of esters is 1. The molecule has 0 saturated heterocycles. The summed E-state index contributed by atoms with van der Waals surface area (Å²) < 4.78 is 41.0. The van der Waals surface area contributed by atoms with Gasteiger partial charge < -0.3 is 14.0 Å². The normalized spacial score (nSPS) is 15.1. The number of rotatable bonds is 5. The topological polar surface area (TPSA) is 116 Å². The molecule has 0 aliphatic carbocycles. The number of carbonyl (C=O) groups excluding carboxylic acids is 2. The minimum absolute atomic E-state index is 0.0670. The van der Waals surface area contributed by atoms with Gasteiger partial charge in [0.2, 0.25) is 5.76 Å². The molecule has 0 radical (unpaired) electrons. The van der Waals surface area contributed by atoms with Gasteiger partial charge in [-0.1, -0.05) is 19.0 Å². The molecule has 0 bridgehead atoms. The maximum atomic E-state index is 12.8. The van der Waals surface area contributed by atoms with E-state index in [-0.39, 0.29) is 22.1 Å². The summed E-state index contributed by atoms with van der Waals surface area (Å²) in [6.45, 7) is 4.52. The van der Waals surface area contributed by atoms with Crippen molar-refractivity contribution in [3.05, 3.63) is 40.8 Å². The second-order valence-corrected chi connectivity index (χ2v) is 8.13. The highest BCUT2D eigenvalue weighted by molar-refractivity contribution is 7.90. The minimum Gasteiger partial charge on any atom is -0.497 e. The van der Waals surface area contributed by atoms with Gasteiger partial charge in [-0.15, -0.1) is 0 Å². The molecule has 10 heteroatoms. The fourth-order valence-corrected chi connectivity index (χ4v) is 4.21. The van der Waals surface area contributed by atoms with E-state index in [1.165, 1.54) is 19.2 Å². The average Bonchev–Trinajstić information content (AvgIpc) is 3.13. The van der Waals surface area contributed by atoms with Crippen molar-refractivity contribution in [2.24, 2.45) is 0 Å². The van der Waals surface area contributed by atoms with Crippen LogP contribution in [-0.4, -0.2) is 43.6 Å². The third-order valence-corrected chi connectivity index (χ3v) is 5.84. The lowest BCUT2D eigenvalue weighted by molar-refractivity contribution is 0.0318. The Labute approximate surface area is 155 Å². The second-order valence-electron chi connectivity index (χ2n) is 6.30. The SMILES string of the molecule is COc1cc(C(C)C)c2c(c1)S(=O)(=O)N(COC(=O)c1cc(C)no1)C2=O. The largest absolute Gasteiger partial charge is 0.497 e. The lowest BCUT2D eigenvalue weighted by Gasteiger charge is -2.14. The number of hydrogen-bond donors (Lipinski definition) is 0. The summed E-state index contributed by atoms with van der Waals surface area (Å²) in [4.78, 5) is 24.6. The van der Waals surface area contributed by atoms with E-state index >= 15 is 0 Å². The Morgan fingerprint density at radius 1 is 1.30 bits per heavy atom. The van der Waals surface area contributed by atoms with Gasteiger partial charge in [0, 0.05) is 12.1 Å². The van der Waals surface area contributed by atoms with Crippen LogP contribution in [-0.2, 0) is 14.8 Å². The van der Waals surface area contributed by atoms with Gasteiger partial charge >= 0.3 is 5.97 Å². The molecule has 0 fully saturated rings.